The van der Waals surface area contributed by atoms with Crippen LogP contribution in [0.5, 0.6) is 0 Å². The molecule has 0 amide bonds. The highest BCUT2D eigenvalue weighted by Gasteiger charge is 2.57. The first-order valence-electron chi connectivity index (χ1n) is 22.6. The summed E-state index contributed by atoms with van der Waals surface area (Å²) in [5.41, 5.74) is -3.41. The molecule has 0 spiro atoms. The molecule has 17 nitrogen and oxygen atoms in total. The first-order chi connectivity index (χ1) is 29.2. The van der Waals surface area contributed by atoms with Gasteiger partial charge in [0.2, 0.25) is 12.6 Å². The van der Waals surface area contributed by atoms with Crippen LogP contribution in [0, 0.1) is 32.5 Å². The summed E-state index contributed by atoms with van der Waals surface area (Å²) < 4.78 is 54.8. The molecule has 0 aromatic carbocycles. The fourth-order valence-corrected chi connectivity index (χ4v) is 6.86. The number of aliphatic hydroxyl groups excluding tert-OH is 2. The van der Waals surface area contributed by atoms with Crippen LogP contribution in [0.25, 0.3) is 0 Å². The molecular formula is C48H82O17. The Bertz CT molecular complexity index is 1610. The minimum absolute atomic E-state index is 0.0110. The molecule has 65 heavy (non-hydrogen) atoms. The molecule has 2 aliphatic rings. The zero-order chi connectivity index (χ0) is 50.3. The summed E-state index contributed by atoms with van der Waals surface area (Å²) in [5.74, 6) is -4.46. The third-order valence-corrected chi connectivity index (χ3v) is 9.45. The summed E-state index contributed by atoms with van der Waals surface area (Å²) in [4.78, 5) is 81.6. The van der Waals surface area contributed by atoms with Gasteiger partial charge in [-0.2, -0.15) is 0 Å². The van der Waals surface area contributed by atoms with E-state index < -0.39 is 143 Å². The quantitative estimate of drug-likeness (QED) is 0.124. The van der Waals surface area contributed by atoms with E-state index in [0.717, 1.165) is 0 Å². The molecule has 2 rings (SSSR count). The molecule has 2 N–H and O–H groups in total. The molecule has 17 heteroatoms. The van der Waals surface area contributed by atoms with Crippen molar-refractivity contribution in [1.82, 2.24) is 0 Å². The van der Waals surface area contributed by atoms with Gasteiger partial charge in [0.05, 0.1) is 45.1 Å². The van der Waals surface area contributed by atoms with Crippen LogP contribution in [-0.4, -0.2) is 121 Å². The van der Waals surface area contributed by atoms with Gasteiger partial charge in [-0.05, 0) is 32.5 Å². The average molecular weight is 931 g/mol. The number of rotatable bonds is 16. The van der Waals surface area contributed by atoms with Gasteiger partial charge in [-0.25, -0.2) is 0 Å². The molecule has 2 aliphatic heterocycles. The van der Waals surface area contributed by atoms with Crippen LogP contribution in [0.1, 0.15) is 163 Å². The number of carbonyl (C=O) groups is 6. The van der Waals surface area contributed by atoms with E-state index in [-0.39, 0.29) is 38.5 Å². The molecule has 2 saturated heterocycles. The number of esters is 6. The number of aliphatic hydroxyl groups is 2. The van der Waals surface area contributed by atoms with Crippen LogP contribution < -0.4 is 0 Å². The van der Waals surface area contributed by atoms with Crippen LogP contribution in [0.2, 0.25) is 0 Å². The van der Waals surface area contributed by atoms with Gasteiger partial charge < -0.3 is 52.8 Å². The highest BCUT2D eigenvalue weighted by Crippen LogP contribution is 2.37. The predicted molar refractivity (Wildman–Crippen MR) is 236 cm³/mol. The summed E-state index contributed by atoms with van der Waals surface area (Å²) in [7, 11) is 0. The molecule has 376 valence electrons. The Morgan fingerprint density at radius 1 is 0.400 bits per heavy atom. The van der Waals surface area contributed by atoms with E-state index in [1.807, 2.05) is 62.3 Å². The summed E-state index contributed by atoms with van der Waals surface area (Å²) in [6.07, 6.45) is -17.4. The average Bonchev–Trinajstić information content (AvgIpc) is 3.04. The minimum atomic E-state index is -1.86. The van der Waals surface area contributed by atoms with Crippen molar-refractivity contribution >= 4 is 35.8 Å². The van der Waals surface area contributed by atoms with Crippen molar-refractivity contribution in [2.45, 2.75) is 225 Å². The van der Waals surface area contributed by atoms with E-state index in [2.05, 4.69) is 0 Å². The normalized spacial score (nSPS) is 27.0. The highest BCUT2D eigenvalue weighted by atomic mass is 16.8. The first kappa shape index (κ1) is 57.7. The second-order valence-corrected chi connectivity index (χ2v) is 24.8. The SMILES string of the molecule is CC(C)(C)CC(=O)OC[C@H]1O[C@H](O[C@H]2O[C@H](CO)[C@@H](O)[C@H](OC(=O)CC(C)(C)C)[C@H]2OC(=O)CC(C)(C)C)[C@H](OC(=O)CC(C)(C)C)[C@@H](OC(=O)CC(C)(C)C)[C@@H]1OC(=O)CC(C)(C)C. The van der Waals surface area contributed by atoms with Gasteiger partial charge in [0.25, 0.3) is 0 Å². The second-order valence-electron chi connectivity index (χ2n) is 24.8. The molecule has 10 atom stereocenters. The maximum atomic E-state index is 13.9. The minimum Gasteiger partial charge on any atom is -0.463 e. The number of ether oxygens (including phenoxy) is 9. The lowest BCUT2D eigenvalue weighted by atomic mass is 9.91. The Labute approximate surface area is 386 Å². The number of hydrogen-bond acceptors (Lipinski definition) is 17. The van der Waals surface area contributed by atoms with Crippen molar-refractivity contribution in [2.75, 3.05) is 13.2 Å². The van der Waals surface area contributed by atoms with Crippen LogP contribution in [0.3, 0.4) is 0 Å². The van der Waals surface area contributed by atoms with Gasteiger partial charge in [0.15, 0.2) is 30.5 Å². The highest BCUT2D eigenvalue weighted by molar-refractivity contribution is 5.73. The van der Waals surface area contributed by atoms with E-state index in [4.69, 9.17) is 42.6 Å². The third kappa shape index (κ3) is 21.9. The molecule has 2 heterocycles. The van der Waals surface area contributed by atoms with Crippen LogP contribution in [-0.2, 0) is 71.4 Å². The number of carbonyl (C=O) groups excluding carboxylic acids is 6. The molecule has 0 aromatic heterocycles. The van der Waals surface area contributed by atoms with E-state index in [0.29, 0.717) is 0 Å². The molecule has 0 saturated carbocycles. The molecular weight excluding hydrogens is 849 g/mol. The summed E-state index contributed by atoms with van der Waals surface area (Å²) in [6, 6.07) is 0. The molecule has 2 fully saturated rings. The molecule has 0 aliphatic carbocycles. The van der Waals surface area contributed by atoms with Gasteiger partial charge in [0, 0.05) is 0 Å². The smallest absolute Gasteiger partial charge is 0.306 e. The summed E-state index contributed by atoms with van der Waals surface area (Å²) >= 11 is 0. The maximum Gasteiger partial charge on any atom is 0.306 e. The molecule has 0 radical (unpaired) electrons. The second kappa shape index (κ2) is 22.6. The zero-order valence-corrected chi connectivity index (χ0v) is 42.4. The Balaban J connectivity index is 2.94. The third-order valence-electron chi connectivity index (χ3n) is 9.45. The standard InChI is InChI=1S/C48H82O17/c1-43(2,3)19-29(50)57-26-28-36(60-30(51)20-44(4,5)6)38(62-32(53)22-46(10,11)12)40(64-34(55)24-48(16,17)18)42(59-28)65-41-39(63-33(54)23-47(13,14)15)37(35(56)27(25-49)58-41)61-31(52)21-45(7,8)9/h27-28,35-42,49,56H,19-26H2,1-18H3/t27-,28-,35-,36-,37+,38+,39-,40-,41-,42-/m1/s1. The predicted octanol–water partition coefficient (Wildman–Crippen LogP) is 6.53. The van der Waals surface area contributed by atoms with Crippen molar-refractivity contribution in [1.29, 1.82) is 0 Å². The van der Waals surface area contributed by atoms with Gasteiger partial charge in [-0.15, -0.1) is 0 Å². The summed E-state index contributed by atoms with van der Waals surface area (Å²) in [6.45, 7) is 31.2. The summed E-state index contributed by atoms with van der Waals surface area (Å²) in [5, 5.41) is 22.0. The molecule has 0 unspecified atom stereocenters. The van der Waals surface area contributed by atoms with Gasteiger partial charge >= 0.3 is 35.8 Å². The van der Waals surface area contributed by atoms with Crippen LogP contribution in [0.15, 0.2) is 0 Å². The Morgan fingerprint density at radius 3 is 1.02 bits per heavy atom. The van der Waals surface area contributed by atoms with Gasteiger partial charge in [-0.3, -0.25) is 28.8 Å². The van der Waals surface area contributed by atoms with E-state index >= 15 is 0 Å². The number of hydrogen-bond donors (Lipinski definition) is 2. The Kier molecular flexibility index (Phi) is 20.1. The van der Waals surface area contributed by atoms with Crippen molar-refractivity contribution in [3.8, 4) is 0 Å². The monoisotopic (exact) mass is 931 g/mol. The van der Waals surface area contributed by atoms with Crippen LogP contribution in [0.4, 0.5) is 0 Å². The van der Waals surface area contributed by atoms with E-state index in [9.17, 15) is 39.0 Å². The topological polar surface area (TPSA) is 226 Å². The van der Waals surface area contributed by atoms with Gasteiger partial charge in [0.1, 0.15) is 24.9 Å². The Morgan fingerprint density at radius 2 is 0.677 bits per heavy atom. The largest absolute Gasteiger partial charge is 0.463 e. The van der Waals surface area contributed by atoms with Crippen molar-refractivity contribution in [3.05, 3.63) is 0 Å². The lowest BCUT2D eigenvalue weighted by Crippen LogP contribution is -2.66. The maximum absolute atomic E-state index is 13.9. The zero-order valence-electron chi connectivity index (χ0n) is 42.4. The fourth-order valence-electron chi connectivity index (χ4n) is 6.86. The Hall–Kier alpha value is -3.38. The molecule has 0 aromatic rings. The van der Waals surface area contributed by atoms with E-state index in [1.54, 1.807) is 62.3 Å². The lowest BCUT2D eigenvalue weighted by Gasteiger charge is -2.48. The van der Waals surface area contributed by atoms with Crippen molar-refractivity contribution < 1.29 is 81.6 Å². The first-order valence-corrected chi connectivity index (χ1v) is 22.6. The van der Waals surface area contributed by atoms with E-state index in [1.165, 1.54) is 0 Å². The fraction of sp³-hybridized carbons (Fsp3) is 0.875. The lowest BCUT2D eigenvalue weighted by molar-refractivity contribution is -0.378. The van der Waals surface area contributed by atoms with Crippen molar-refractivity contribution in [2.24, 2.45) is 32.5 Å². The van der Waals surface area contributed by atoms with Crippen molar-refractivity contribution in [3.63, 3.8) is 0 Å². The molecule has 0 bridgehead atoms. The van der Waals surface area contributed by atoms with Crippen LogP contribution >= 0.6 is 0 Å². The van der Waals surface area contributed by atoms with Gasteiger partial charge in [-0.1, -0.05) is 125 Å².